The third kappa shape index (κ3) is 5.09. The Morgan fingerprint density at radius 3 is 2.58 bits per heavy atom. The molecule has 1 aromatic carbocycles. The van der Waals surface area contributed by atoms with Gasteiger partial charge in [0.25, 0.3) is 0 Å². The molecule has 1 fully saturated rings. The lowest BCUT2D eigenvalue weighted by Gasteiger charge is -2.23. The molecule has 0 bridgehead atoms. The maximum Gasteiger partial charge on any atom is 0.227 e. The number of likely N-dealkylation sites (N-methyl/N-ethyl adjacent to an activating group) is 1. The van der Waals surface area contributed by atoms with Crippen molar-refractivity contribution in [2.45, 2.75) is 26.8 Å². The maximum absolute atomic E-state index is 13.3. The van der Waals surface area contributed by atoms with Gasteiger partial charge in [-0.3, -0.25) is 14.7 Å². The number of carbonyl (C=O) groups excluding carboxylic acids is 1. The number of methoxy groups -OCH3 is 1. The average Bonchev–Trinajstić information content (AvgIpc) is 3.01. The monoisotopic (exact) mass is 447 g/mol. The van der Waals surface area contributed by atoms with Crippen LogP contribution in [-0.4, -0.2) is 63.8 Å². The molecule has 174 valence electrons. The molecule has 0 spiro atoms. The van der Waals surface area contributed by atoms with Gasteiger partial charge in [-0.05, 0) is 43.0 Å². The van der Waals surface area contributed by atoms with E-state index in [1.54, 1.807) is 18.0 Å². The Bertz CT molecular complexity index is 1080. The van der Waals surface area contributed by atoms with Crippen LogP contribution in [-0.2, 0) is 24.8 Å². The maximum atomic E-state index is 13.3. The number of benzene rings is 1. The van der Waals surface area contributed by atoms with Gasteiger partial charge in [0.05, 0.1) is 24.3 Å². The molecule has 0 saturated carbocycles. The molecule has 7 nitrogen and oxygen atoms in total. The molecule has 2 aromatic heterocycles. The van der Waals surface area contributed by atoms with E-state index in [-0.39, 0.29) is 11.8 Å². The van der Waals surface area contributed by atoms with Gasteiger partial charge in [-0.15, -0.1) is 0 Å². The van der Waals surface area contributed by atoms with Crippen molar-refractivity contribution in [1.29, 1.82) is 0 Å². The molecule has 1 atom stereocenters. The highest BCUT2D eigenvalue weighted by molar-refractivity contribution is 5.79. The smallest absolute Gasteiger partial charge is 0.227 e. The first-order valence-electron chi connectivity index (χ1n) is 11.6. The van der Waals surface area contributed by atoms with Gasteiger partial charge in [0.1, 0.15) is 0 Å². The topological polar surface area (TPSA) is 63.5 Å². The van der Waals surface area contributed by atoms with E-state index in [0.29, 0.717) is 0 Å². The van der Waals surface area contributed by atoms with E-state index in [0.717, 1.165) is 67.4 Å². The van der Waals surface area contributed by atoms with Crippen molar-refractivity contribution in [3.05, 3.63) is 65.6 Å². The standard InChI is InChI=1S/C26H33N5O2/c1-5-31-14-13-30(18-24-19(2)28-29(3)26(24)33-4)17-23(25(31)32)15-20-8-10-21(11-9-20)22-7-6-12-27-16-22/h6-12,16,23H,5,13-15,17-18H2,1-4H3. The van der Waals surface area contributed by atoms with Crippen molar-refractivity contribution >= 4 is 5.91 Å². The number of carbonyl (C=O) groups is 1. The summed E-state index contributed by atoms with van der Waals surface area (Å²) >= 11 is 0. The molecule has 0 N–H and O–H groups in total. The minimum absolute atomic E-state index is 0.0836. The summed E-state index contributed by atoms with van der Waals surface area (Å²) in [6.07, 6.45) is 4.38. The highest BCUT2D eigenvalue weighted by atomic mass is 16.5. The SMILES string of the molecule is CCN1CCN(Cc2c(C)nn(C)c2OC)CC(Cc2ccc(-c3cccnc3)cc2)C1=O. The lowest BCUT2D eigenvalue weighted by molar-refractivity contribution is -0.134. The minimum atomic E-state index is -0.0836. The number of ether oxygens (including phenoxy) is 1. The fourth-order valence-electron chi connectivity index (χ4n) is 4.71. The predicted octanol–water partition coefficient (Wildman–Crippen LogP) is 3.32. The number of aromatic nitrogens is 3. The Kier molecular flexibility index (Phi) is 7.08. The number of nitrogens with zero attached hydrogens (tertiary/aromatic N) is 5. The van der Waals surface area contributed by atoms with Gasteiger partial charge in [0, 0.05) is 52.2 Å². The molecule has 33 heavy (non-hydrogen) atoms. The molecule has 0 aliphatic carbocycles. The Morgan fingerprint density at radius 2 is 1.91 bits per heavy atom. The highest BCUT2D eigenvalue weighted by Gasteiger charge is 2.30. The summed E-state index contributed by atoms with van der Waals surface area (Å²) in [6, 6.07) is 12.5. The lowest BCUT2D eigenvalue weighted by atomic mass is 9.96. The van der Waals surface area contributed by atoms with Gasteiger partial charge >= 0.3 is 0 Å². The molecule has 0 radical (unpaired) electrons. The number of amides is 1. The number of aryl methyl sites for hydroxylation is 2. The normalized spacial score (nSPS) is 17.3. The van der Waals surface area contributed by atoms with Crippen LogP contribution < -0.4 is 4.74 Å². The Hall–Kier alpha value is -3.19. The third-order valence-electron chi connectivity index (χ3n) is 6.50. The summed E-state index contributed by atoms with van der Waals surface area (Å²) in [6.45, 7) is 7.84. The average molecular weight is 448 g/mol. The molecule has 7 heteroatoms. The van der Waals surface area contributed by atoms with Crippen molar-refractivity contribution in [2.24, 2.45) is 13.0 Å². The molecule has 1 aliphatic rings. The highest BCUT2D eigenvalue weighted by Crippen LogP contribution is 2.26. The first kappa shape index (κ1) is 23.0. The van der Waals surface area contributed by atoms with Crippen molar-refractivity contribution in [1.82, 2.24) is 24.6 Å². The second-order valence-corrected chi connectivity index (χ2v) is 8.69. The largest absolute Gasteiger partial charge is 0.481 e. The second-order valence-electron chi connectivity index (χ2n) is 8.69. The van der Waals surface area contributed by atoms with E-state index < -0.39 is 0 Å². The Labute approximate surface area is 196 Å². The summed E-state index contributed by atoms with van der Waals surface area (Å²) in [5.41, 5.74) is 5.47. The van der Waals surface area contributed by atoms with Gasteiger partial charge in [-0.1, -0.05) is 30.3 Å². The van der Waals surface area contributed by atoms with Gasteiger partial charge in [0.15, 0.2) is 0 Å². The van der Waals surface area contributed by atoms with E-state index in [1.807, 2.05) is 31.1 Å². The molecular formula is C26H33N5O2. The number of rotatable bonds is 7. The van der Waals surface area contributed by atoms with E-state index in [4.69, 9.17) is 4.74 Å². The van der Waals surface area contributed by atoms with Crippen LogP contribution in [0, 0.1) is 12.8 Å². The Morgan fingerprint density at radius 1 is 1.12 bits per heavy atom. The summed E-state index contributed by atoms with van der Waals surface area (Å²) in [4.78, 5) is 21.9. The zero-order valence-corrected chi connectivity index (χ0v) is 20.0. The van der Waals surface area contributed by atoms with E-state index in [9.17, 15) is 4.79 Å². The molecule has 1 saturated heterocycles. The number of hydrogen-bond acceptors (Lipinski definition) is 5. The zero-order chi connectivity index (χ0) is 23.4. The quantitative estimate of drug-likeness (QED) is 0.556. The van der Waals surface area contributed by atoms with Crippen LogP contribution in [0.5, 0.6) is 5.88 Å². The van der Waals surface area contributed by atoms with Crippen molar-refractivity contribution in [2.75, 3.05) is 33.3 Å². The van der Waals surface area contributed by atoms with Crippen molar-refractivity contribution < 1.29 is 9.53 Å². The molecular weight excluding hydrogens is 414 g/mol. The molecule has 4 rings (SSSR count). The summed E-state index contributed by atoms with van der Waals surface area (Å²) in [5.74, 6) is 0.948. The number of hydrogen-bond donors (Lipinski definition) is 0. The predicted molar refractivity (Wildman–Crippen MR) is 129 cm³/mol. The molecule has 1 unspecified atom stereocenters. The van der Waals surface area contributed by atoms with Crippen LogP contribution >= 0.6 is 0 Å². The van der Waals surface area contributed by atoms with Gasteiger partial charge < -0.3 is 9.64 Å². The van der Waals surface area contributed by atoms with Crippen molar-refractivity contribution in [3.8, 4) is 17.0 Å². The minimum Gasteiger partial charge on any atom is -0.481 e. The van der Waals surface area contributed by atoms with Gasteiger partial charge in [-0.25, -0.2) is 4.68 Å². The zero-order valence-electron chi connectivity index (χ0n) is 20.0. The molecule has 1 amide bonds. The van der Waals surface area contributed by atoms with Crippen LogP contribution in [0.25, 0.3) is 11.1 Å². The number of pyridine rings is 1. The lowest BCUT2D eigenvalue weighted by Crippen LogP contribution is -2.37. The first-order chi connectivity index (χ1) is 16.0. The molecule has 3 aromatic rings. The van der Waals surface area contributed by atoms with Crippen LogP contribution in [0.1, 0.15) is 23.7 Å². The molecule has 3 heterocycles. The van der Waals surface area contributed by atoms with E-state index in [1.165, 1.54) is 5.56 Å². The van der Waals surface area contributed by atoms with Crippen LogP contribution in [0.4, 0.5) is 0 Å². The summed E-state index contributed by atoms with van der Waals surface area (Å²) < 4.78 is 7.38. The van der Waals surface area contributed by atoms with Gasteiger partial charge in [0.2, 0.25) is 11.8 Å². The van der Waals surface area contributed by atoms with E-state index >= 15 is 0 Å². The van der Waals surface area contributed by atoms with Crippen LogP contribution in [0.2, 0.25) is 0 Å². The van der Waals surface area contributed by atoms with Gasteiger partial charge in [-0.2, -0.15) is 5.10 Å². The molecule has 1 aliphatic heterocycles. The Balaban J connectivity index is 1.52. The first-order valence-corrected chi connectivity index (χ1v) is 11.6. The van der Waals surface area contributed by atoms with Crippen molar-refractivity contribution in [3.63, 3.8) is 0 Å². The fourth-order valence-corrected chi connectivity index (χ4v) is 4.71. The van der Waals surface area contributed by atoms with Crippen LogP contribution in [0.15, 0.2) is 48.8 Å². The van der Waals surface area contributed by atoms with Crippen LogP contribution in [0.3, 0.4) is 0 Å². The summed E-state index contributed by atoms with van der Waals surface area (Å²) in [7, 11) is 3.58. The fraction of sp³-hybridized carbons (Fsp3) is 0.423. The summed E-state index contributed by atoms with van der Waals surface area (Å²) in [5, 5.41) is 4.52. The third-order valence-corrected chi connectivity index (χ3v) is 6.50. The van der Waals surface area contributed by atoms with E-state index in [2.05, 4.69) is 52.2 Å². The second kappa shape index (κ2) is 10.2.